The van der Waals surface area contributed by atoms with Crippen LogP contribution in [0.15, 0.2) is 73.4 Å². The van der Waals surface area contributed by atoms with Gasteiger partial charge in [0.25, 0.3) is 5.54 Å². The Balaban J connectivity index is 1.40. The molecule has 9 nitrogen and oxygen atoms in total. The number of anilines is 1. The number of hydrogen-bond donors (Lipinski definition) is 0. The molecule has 0 radical (unpaired) electrons. The second-order valence-corrected chi connectivity index (χ2v) is 10.2. The van der Waals surface area contributed by atoms with E-state index in [0.29, 0.717) is 16.8 Å². The normalized spacial score (nSPS) is 12.1. The van der Waals surface area contributed by atoms with Crippen LogP contribution in [0.25, 0.3) is 27.2 Å². The first kappa shape index (κ1) is 26.4. The van der Waals surface area contributed by atoms with Crippen LogP contribution in [0.1, 0.15) is 37.9 Å². The first-order chi connectivity index (χ1) is 19.2. The lowest BCUT2D eigenvalue weighted by Crippen LogP contribution is -2.24. The summed E-state index contributed by atoms with van der Waals surface area (Å²) in [4.78, 5) is 10.4. The van der Waals surface area contributed by atoms with Crippen molar-refractivity contribution < 1.29 is 9.13 Å². The zero-order valence-electron chi connectivity index (χ0n) is 22.6. The summed E-state index contributed by atoms with van der Waals surface area (Å²) in [6.45, 7) is 13.3. The van der Waals surface area contributed by atoms with E-state index in [0.717, 1.165) is 28.2 Å². The van der Waals surface area contributed by atoms with Crippen LogP contribution in [0.2, 0.25) is 0 Å². The monoisotopic (exact) mass is 534 g/mol. The number of halogens is 1. The lowest BCUT2D eigenvalue weighted by Gasteiger charge is -2.26. The van der Waals surface area contributed by atoms with Crippen molar-refractivity contribution in [1.29, 1.82) is 5.26 Å². The molecule has 0 aliphatic carbocycles. The molecule has 0 bridgehead atoms. The van der Waals surface area contributed by atoms with Gasteiger partial charge in [0.05, 0.1) is 47.6 Å². The molecule has 0 fully saturated rings. The van der Waals surface area contributed by atoms with E-state index < -0.39 is 5.54 Å². The molecule has 0 aliphatic heterocycles. The summed E-state index contributed by atoms with van der Waals surface area (Å²) in [5.74, 6) is 0.932. The van der Waals surface area contributed by atoms with Crippen LogP contribution < -0.4 is 9.64 Å². The molecule has 5 aromatic rings. The van der Waals surface area contributed by atoms with Crippen molar-refractivity contribution in [3.8, 4) is 28.6 Å². The van der Waals surface area contributed by atoms with Gasteiger partial charge in [-0.15, -0.1) is 0 Å². The van der Waals surface area contributed by atoms with Crippen molar-refractivity contribution in [2.24, 2.45) is 0 Å². The van der Waals surface area contributed by atoms with Crippen molar-refractivity contribution in [3.63, 3.8) is 0 Å². The predicted molar refractivity (Wildman–Crippen MR) is 150 cm³/mol. The van der Waals surface area contributed by atoms with Gasteiger partial charge >= 0.3 is 0 Å². The van der Waals surface area contributed by atoms with E-state index in [2.05, 4.69) is 32.9 Å². The average Bonchev–Trinajstić information content (AvgIpc) is 3.61. The van der Waals surface area contributed by atoms with Crippen LogP contribution in [0.3, 0.4) is 0 Å². The molecule has 0 aliphatic rings. The Morgan fingerprint density at radius 2 is 1.90 bits per heavy atom. The fourth-order valence-electron chi connectivity index (χ4n) is 4.29. The summed E-state index contributed by atoms with van der Waals surface area (Å²) in [5.41, 5.74) is 3.84. The van der Waals surface area contributed by atoms with Crippen LogP contribution in [0.4, 0.5) is 10.2 Å². The minimum absolute atomic E-state index is 0.0102. The molecular formula is C30H27FN8O. The Morgan fingerprint density at radius 1 is 1.12 bits per heavy atom. The molecule has 0 amide bonds. The summed E-state index contributed by atoms with van der Waals surface area (Å²) in [6.07, 6.45) is 7.52. The molecular weight excluding hydrogens is 507 g/mol. The molecule has 1 aromatic carbocycles. The average molecular weight is 535 g/mol. The zero-order chi connectivity index (χ0) is 28.4. The van der Waals surface area contributed by atoms with Gasteiger partial charge in [-0.2, -0.15) is 15.5 Å². The Hall–Kier alpha value is -5.22. The lowest BCUT2D eigenvalue weighted by molar-refractivity contribution is 0.265. The van der Waals surface area contributed by atoms with Gasteiger partial charge in [-0.1, -0.05) is 12.1 Å². The van der Waals surface area contributed by atoms with E-state index in [1.807, 2.05) is 63.4 Å². The van der Waals surface area contributed by atoms with E-state index in [-0.39, 0.29) is 18.5 Å². The molecule has 0 saturated carbocycles. The number of pyridine rings is 2. The molecule has 0 saturated heterocycles. The fourth-order valence-corrected chi connectivity index (χ4v) is 4.29. The first-order valence-corrected chi connectivity index (χ1v) is 12.6. The van der Waals surface area contributed by atoms with Crippen LogP contribution in [0.5, 0.6) is 5.75 Å². The highest BCUT2D eigenvalue weighted by molar-refractivity contribution is 5.85. The third kappa shape index (κ3) is 5.20. The molecule has 40 heavy (non-hydrogen) atoms. The molecule has 0 spiro atoms. The molecule has 4 heterocycles. The van der Waals surface area contributed by atoms with E-state index in [9.17, 15) is 9.65 Å². The number of aromatic nitrogens is 5. The van der Waals surface area contributed by atoms with Gasteiger partial charge < -0.3 is 14.5 Å². The first-order valence-electron chi connectivity index (χ1n) is 12.6. The van der Waals surface area contributed by atoms with Crippen molar-refractivity contribution >= 4 is 11.3 Å². The van der Waals surface area contributed by atoms with E-state index in [4.69, 9.17) is 16.3 Å². The van der Waals surface area contributed by atoms with Crippen molar-refractivity contribution in [2.45, 2.75) is 32.4 Å². The topological polar surface area (TPSA) is 88.6 Å². The van der Waals surface area contributed by atoms with Crippen molar-refractivity contribution in [3.05, 3.63) is 102 Å². The number of nitrogens with zero attached hydrogens (tertiary/aromatic N) is 8. The smallest absolute Gasteiger partial charge is 0.260 e. The number of fused-ring (bicyclic) bond motifs is 1. The lowest BCUT2D eigenvalue weighted by atomic mass is 10.0. The zero-order valence-corrected chi connectivity index (χ0v) is 22.6. The third-order valence-corrected chi connectivity index (χ3v) is 6.79. The standard InChI is InChI=1S/C30H27FN8O/c1-20(21-6-9-25(10-7-21)38-17-24(31)16-36-38)37(5)28-11-8-22(14-34-28)27-12-26(40-19-30(2,3)33-4)18-39-29(27)23(13-32)15-35-39/h6-12,14-18,20H,19H2,1-3,5H3/t20-/m0/s1. The molecule has 0 N–H and O–H groups in total. The number of hydrogen-bond acceptors (Lipinski definition) is 6. The molecule has 1 atom stereocenters. The Morgan fingerprint density at radius 3 is 2.52 bits per heavy atom. The summed E-state index contributed by atoms with van der Waals surface area (Å²) in [5, 5.41) is 18.0. The molecule has 10 heteroatoms. The maximum Gasteiger partial charge on any atom is 0.260 e. The predicted octanol–water partition coefficient (Wildman–Crippen LogP) is 5.87. The van der Waals surface area contributed by atoms with Gasteiger partial charge in [-0.05, 0) is 42.8 Å². The Bertz CT molecular complexity index is 1740. The van der Waals surface area contributed by atoms with Crippen LogP contribution in [0, 0.1) is 23.7 Å². The SMILES string of the molecule is [C-]#[N+]C(C)(C)COc1cc(-c2ccc(N(C)[C@@H](C)c3ccc(-n4cc(F)cn4)cc3)nc2)c2c(C#N)cnn2c1. The van der Waals surface area contributed by atoms with Gasteiger partial charge in [0.2, 0.25) is 0 Å². The Kier molecular flexibility index (Phi) is 6.93. The number of benzene rings is 1. The van der Waals surface area contributed by atoms with E-state index in [1.54, 1.807) is 16.9 Å². The van der Waals surface area contributed by atoms with Crippen LogP contribution in [-0.4, -0.2) is 43.6 Å². The highest BCUT2D eigenvalue weighted by Crippen LogP contribution is 2.32. The maximum absolute atomic E-state index is 13.3. The molecule has 0 unspecified atom stereocenters. The second kappa shape index (κ2) is 10.5. The highest BCUT2D eigenvalue weighted by atomic mass is 19.1. The minimum atomic E-state index is -0.668. The second-order valence-electron chi connectivity index (χ2n) is 10.2. The van der Waals surface area contributed by atoms with E-state index in [1.165, 1.54) is 23.3 Å². The summed E-state index contributed by atoms with van der Waals surface area (Å²) in [6, 6.07) is 15.7. The van der Waals surface area contributed by atoms with E-state index >= 15 is 0 Å². The summed E-state index contributed by atoms with van der Waals surface area (Å²) < 4.78 is 22.4. The van der Waals surface area contributed by atoms with Crippen LogP contribution in [-0.2, 0) is 0 Å². The van der Waals surface area contributed by atoms with Crippen molar-refractivity contribution in [2.75, 3.05) is 18.6 Å². The van der Waals surface area contributed by atoms with Crippen molar-refractivity contribution in [1.82, 2.24) is 24.4 Å². The van der Waals surface area contributed by atoms with Gasteiger partial charge in [-0.25, -0.2) is 25.1 Å². The Labute approximate surface area is 231 Å². The minimum Gasteiger partial charge on any atom is -0.484 e. The molecule has 5 rings (SSSR count). The summed E-state index contributed by atoms with van der Waals surface area (Å²) >= 11 is 0. The fraction of sp³-hybridized carbons (Fsp3) is 0.233. The van der Waals surface area contributed by atoms with Gasteiger partial charge in [-0.3, -0.25) is 0 Å². The summed E-state index contributed by atoms with van der Waals surface area (Å²) in [7, 11) is 1.97. The number of ether oxygens (including phenoxy) is 1. The number of nitriles is 1. The quantitative estimate of drug-likeness (QED) is 0.232. The third-order valence-electron chi connectivity index (χ3n) is 6.79. The molecule has 200 valence electrons. The maximum atomic E-state index is 13.3. The highest BCUT2D eigenvalue weighted by Gasteiger charge is 2.24. The largest absolute Gasteiger partial charge is 0.484 e. The van der Waals surface area contributed by atoms with Gasteiger partial charge in [0.15, 0.2) is 12.4 Å². The van der Waals surface area contributed by atoms with Gasteiger partial charge in [0.1, 0.15) is 17.6 Å². The molecule has 4 aromatic heterocycles. The van der Waals surface area contributed by atoms with Crippen LogP contribution >= 0.6 is 0 Å². The number of rotatable bonds is 8. The van der Waals surface area contributed by atoms with Gasteiger partial charge in [0, 0.05) is 38.2 Å².